The summed E-state index contributed by atoms with van der Waals surface area (Å²) < 4.78 is 25.1. The Morgan fingerprint density at radius 2 is 1.32 bits per heavy atom. The Kier molecular flexibility index (Phi) is 13.2. The molecule has 3 rings (SSSR count). The maximum atomic E-state index is 12.6. The van der Waals surface area contributed by atoms with Gasteiger partial charge in [0.05, 0.1) is 5.38 Å². The summed E-state index contributed by atoms with van der Waals surface area (Å²) in [5.41, 5.74) is 4.03. The normalized spacial score (nSPS) is 12.8. The summed E-state index contributed by atoms with van der Waals surface area (Å²) in [6.07, 6.45) is 18.7. The van der Waals surface area contributed by atoms with Crippen LogP contribution in [0.15, 0.2) is 65.6 Å². The number of phosphoric acid groups is 1. The van der Waals surface area contributed by atoms with Crippen LogP contribution >= 0.6 is 19.2 Å². The molecule has 0 amide bonds. The van der Waals surface area contributed by atoms with Gasteiger partial charge in [-0.05, 0) is 42.7 Å². The molecule has 1 unspecified atom stereocenters. The summed E-state index contributed by atoms with van der Waals surface area (Å²) >= 11 is 1.61. The molecule has 0 aliphatic rings. The monoisotopic (exact) mass is 543 g/mol. The number of hydrogen-bond acceptors (Lipinski definition) is 5. The molecule has 0 saturated carbocycles. The van der Waals surface area contributed by atoms with Gasteiger partial charge in [0.25, 0.3) is 0 Å². The van der Waals surface area contributed by atoms with Gasteiger partial charge in [-0.1, -0.05) is 113 Å². The molecule has 2 aromatic carbocycles. The fraction of sp³-hybridized carbons (Fsp3) is 0.500. The SMILES string of the molecule is CCCCCCCCCCCCCCc1cccc(OP(=O)([O-])Oc2cccc(C[n+]3ccsc3)c2)c1. The van der Waals surface area contributed by atoms with Gasteiger partial charge in [-0.2, -0.15) is 4.57 Å². The predicted molar refractivity (Wildman–Crippen MR) is 150 cm³/mol. The van der Waals surface area contributed by atoms with Crippen LogP contribution in [-0.2, 0) is 17.5 Å². The molecule has 1 aromatic heterocycles. The van der Waals surface area contributed by atoms with E-state index in [0.717, 1.165) is 24.0 Å². The maximum Gasteiger partial charge on any atom is 0.372 e. The summed E-state index contributed by atoms with van der Waals surface area (Å²) in [7, 11) is -4.56. The van der Waals surface area contributed by atoms with Crippen molar-refractivity contribution in [2.45, 2.75) is 96.9 Å². The number of thiazole rings is 1. The average molecular weight is 544 g/mol. The van der Waals surface area contributed by atoms with Crippen molar-refractivity contribution in [3.8, 4) is 11.5 Å². The van der Waals surface area contributed by atoms with E-state index in [1.54, 1.807) is 41.7 Å². The average Bonchev–Trinajstić information content (AvgIpc) is 3.37. The Balaban J connectivity index is 1.35. The maximum absolute atomic E-state index is 12.6. The predicted octanol–water partition coefficient (Wildman–Crippen LogP) is 8.25. The van der Waals surface area contributed by atoms with Crippen LogP contribution in [0.4, 0.5) is 0 Å². The number of benzene rings is 2. The molecule has 0 N–H and O–H groups in total. The highest BCUT2D eigenvalue weighted by Crippen LogP contribution is 2.40. The van der Waals surface area contributed by atoms with Gasteiger partial charge in [-0.25, -0.2) is 4.57 Å². The fourth-order valence-corrected chi connectivity index (χ4v) is 5.85. The quantitative estimate of drug-likeness (QED) is 0.0867. The van der Waals surface area contributed by atoms with Gasteiger partial charge in [-0.3, -0.25) is 0 Å². The van der Waals surface area contributed by atoms with Crippen molar-refractivity contribution in [1.29, 1.82) is 0 Å². The number of phosphoric ester groups is 1. The minimum Gasteiger partial charge on any atom is -0.736 e. The van der Waals surface area contributed by atoms with E-state index in [-0.39, 0.29) is 5.75 Å². The number of aryl methyl sites for hydroxylation is 1. The van der Waals surface area contributed by atoms with Crippen LogP contribution in [0, 0.1) is 0 Å². The second-order valence-electron chi connectivity index (χ2n) is 9.76. The third-order valence-electron chi connectivity index (χ3n) is 6.44. The molecule has 1 atom stereocenters. The molecule has 0 fully saturated rings. The summed E-state index contributed by atoms with van der Waals surface area (Å²) in [6, 6.07) is 14.4. The summed E-state index contributed by atoms with van der Waals surface area (Å²) in [6.45, 7) is 2.91. The van der Waals surface area contributed by atoms with E-state index >= 15 is 0 Å². The molecule has 0 radical (unpaired) electrons. The van der Waals surface area contributed by atoms with E-state index in [1.165, 1.54) is 70.6 Å². The van der Waals surface area contributed by atoms with Crippen molar-refractivity contribution in [2.24, 2.45) is 0 Å². The van der Waals surface area contributed by atoms with Gasteiger partial charge in [0.1, 0.15) is 11.5 Å². The Labute approximate surface area is 227 Å². The summed E-state index contributed by atoms with van der Waals surface area (Å²) in [4.78, 5) is 12.6. The first-order valence-corrected chi connectivity index (χ1v) is 16.2. The zero-order valence-electron chi connectivity index (χ0n) is 22.2. The van der Waals surface area contributed by atoms with Crippen molar-refractivity contribution < 1.29 is 23.1 Å². The zero-order chi connectivity index (χ0) is 26.2. The third kappa shape index (κ3) is 12.3. The van der Waals surface area contributed by atoms with Crippen LogP contribution in [0.25, 0.3) is 0 Å². The zero-order valence-corrected chi connectivity index (χ0v) is 23.9. The first-order chi connectivity index (χ1) is 18.0. The molecule has 7 heteroatoms. The van der Waals surface area contributed by atoms with Crippen LogP contribution in [0.1, 0.15) is 95.1 Å². The first-order valence-electron chi connectivity index (χ1n) is 13.8. The molecule has 0 aliphatic heterocycles. The first kappa shape index (κ1) is 29.4. The molecule has 0 bridgehead atoms. The molecular formula is C30H42NO4PS. The lowest BCUT2D eigenvalue weighted by Crippen LogP contribution is -2.30. The van der Waals surface area contributed by atoms with Crippen LogP contribution in [0.3, 0.4) is 0 Å². The molecular weight excluding hydrogens is 501 g/mol. The van der Waals surface area contributed by atoms with Gasteiger partial charge in [0.15, 0.2) is 12.7 Å². The lowest BCUT2D eigenvalue weighted by atomic mass is 10.0. The van der Waals surface area contributed by atoms with E-state index < -0.39 is 7.82 Å². The van der Waals surface area contributed by atoms with Crippen LogP contribution in [0.2, 0.25) is 0 Å². The summed E-state index contributed by atoms with van der Waals surface area (Å²) in [5.74, 6) is 0.541. The van der Waals surface area contributed by atoms with Crippen LogP contribution in [0.5, 0.6) is 11.5 Å². The minimum atomic E-state index is -4.56. The lowest BCUT2D eigenvalue weighted by Gasteiger charge is -2.24. The molecule has 1 heterocycles. The summed E-state index contributed by atoms with van der Waals surface area (Å²) in [5, 5.41) is 1.99. The molecule has 0 saturated heterocycles. The molecule has 202 valence electrons. The van der Waals surface area contributed by atoms with E-state index in [1.807, 2.05) is 39.9 Å². The van der Waals surface area contributed by atoms with Gasteiger partial charge < -0.3 is 13.9 Å². The van der Waals surface area contributed by atoms with Crippen LogP contribution < -0.4 is 18.5 Å². The van der Waals surface area contributed by atoms with E-state index in [0.29, 0.717) is 12.3 Å². The van der Waals surface area contributed by atoms with E-state index in [9.17, 15) is 9.46 Å². The third-order valence-corrected chi connectivity index (χ3v) is 7.98. The highest BCUT2D eigenvalue weighted by molar-refractivity contribution is 7.46. The largest absolute Gasteiger partial charge is 0.736 e. The van der Waals surface area contributed by atoms with Crippen molar-refractivity contribution in [3.63, 3.8) is 0 Å². The Morgan fingerprint density at radius 1 is 0.784 bits per heavy atom. The Bertz CT molecular complexity index is 1070. The van der Waals surface area contributed by atoms with Crippen molar-refractivity contribution >= 4 is 19.2 Å². The van der Waals surface area contributed by atoms with Gasteiger partial charge in [0, 0.05) is 5.56 Å². The molecule has 0 spiro atoms. The number of aromatic nitrogens is 1. The number of hydrogen-bond donors (Lipinski definition) is 0. The Morgan fingerprint density at radius 3 is 1.89 bits per heavy atom. The molecule has 3 aromatic rings. The fourth-order valence-electron chi connectivity index (χ4n) is 4.47. The number of rotatable bonds is 19. The molecule has 37 heavy (non-hydrogen) atoms. The van der Waals surface area contributed by atoms with E-state index in [4.69, 9.17) is 9.05 Å². The standard InChI is InChI=1S/C30H42NO4PS/c1-2-3-4-5-6-7-8-9-10-11-12-13-16-27-17-14-19-29(23-27)34-36(32,33)35-30-20-15-18-28(24-30)25-31-21-22-37-26-31/h14-15,17-24,26H,2-13,16,25H2,1H3. The number of unbranched alkanes of at least 4 members (excludes halogenated alkanes) is 11. The van der Waals surface area contributed by atoms with Gasteiger partial charge in [0.2, 0.25) is 5.51 Å². The highest BCUT2D eigenvalue weighted by Gasteiger charge is 2.15. The minimum absolute atomic E-state index is 0.249. The topological polar surface area (TPSA) is 62.5 Å². The Hall–Kier alpha value is -2.14. The van der Waals surface area contributed by atoms with Crippen molar-refractivity contribution in [1.82, 2.24) is 0 Å². The van der Waals surface area contributed by atoms with Crippen molar-refractivity contribution in [3.05, 3.63) is 76.7 Å². The van der Waals surface area contributed by atoms with Crippen LogP contribution in [-0.4, -0.2) is 0 Å². The molecule has 0 aliphatic carbocycles. The second kappa shape index (κ2) is 16.7. The van der Waals surface area contributed by atoms with Gasteiger partial charge in [-0.15, -0.1) is 0 Å². The second-order valence-corrected chi connectivity index (χ2v) is 11.8. The number of nitrogens with zero attached hydrogens (tertiary/aromatic N) is 1. The smallest absolute Gasteiger partial charge is 0.372 e. The van der Waals surface area contributed by atoms with Gasteiger partial charge >= 0.3 is 7.82 Å². The van der Waals surface area contributed by atoms with E-state index in [2.05, 4.69) is 6.92 Å². The van der Waals surface area contributed by atoms with Crippen molar-refractivity contribution in [2.75, 3.05) is 0 Å². The lowest BCUT2D eigenvalue weighted by molar-refractivity contribution is -0.683. The highest BCUT2D eigenvalue weighted by atomic mass is 32.1. The molecule has 5 nitrogen and oxygen atoms in total.